The minimum atomic E-state index is 0.676. The van der Waals surface area contributed by atoms with Gasteiger partial charge >= 0.3 is 0 Å². The molecule has 0 aliphatic heterocycles. The molecule has 0 amide bonds. The van der Waals surface area contributed by atoms with Crippen molar-refractivity contribution >= 4 is 22.6 Å². The standard InChI is InChI=1S/C10H7ClO/c11-12-10-6-5-8-3-1-2-4-9(8)7-10/h1-7H. The van der Waals surface area contributed by atoms with Crippen molar-refractivity contribution in [2.75, 3.05) is 0 Å². The van der Waals surface area contributed by atoms with Crippen LogP contribution in [0.25, 0.3) is 10.8 Å². The maximum atomic E-state index is 5.23. The molecule has 1 nitrogen and oxygen atoms in total. The lowest BCUT2D eigenvalue weighted by Gasteiger charge is -1.98. The third kappa shape index (κ3) is 1.23. The molecule has 0 N–H and O–H groups in total. The Morgan fingerprint density at radius 3 is 2.42 bits per heavy atom. The van der Waals surface area contributed by atoms with Crippen molar-refractivity contribution in [2.45, 2.75) is 0 Å². The fourth-order valence-electron chi connectivity index (χ4n) is 1.22. The molecular weight excluding hydrogens is 172 g/mol. The van der Waals surface area contributed by atoms with E-state index < -0.39 is 0 Å². The van der Waals surface area contributed by atoms with Crippen LogP contribution in [0.15, 0.2) is 42.5 Å². The molecule has 0 saturated carbocycles. The zero-order valence-corrected chi connectivity index (χ0v) is 7.08. The van der Waals surface area contributed by atoms with E-state index in [1.807, 2.05) is 42.5 Å². The second kappa shape index (κ2) is 3.03. The average Bonchev–Trinajstić information content (AvgIpc) is 2.17. The Balaban J connectivity index is 2.67. The maximum Gasteiger partial charge on any atom is 0.146 e. The molecule has 0 bridgehead atoms. The molecule has 0 fully saturated rings. The maximum absolute atomic E-state index is 5.23. The van der Waals surface area contributed by atoms with Crippen molar-refractivity contribution in [3.8, 4) is 5.75 Å². The van der Waals surface area contributed by atoms with Gasteiger partial charge in [0.1, 0.15) is 17.6 Å². The molecule has 0 unspecified atom stereocenters. The average molecular weight is 179 g/mol. The quantitative estimate of drug-likeness (QED) is 0.651. The highest BCUT2D eigenvalue weighted by molar-refractivity contribution is 6.09. The zero-order valence-electron chi connectivity index (χ0n) is 6.33. The van der Waals surface area contributed by atoms with E-state index in [0.29, 0.717) is 5.75 Å². The highest BCUT2D eigenvalue weighted by atomic mass is 35.5. The number of hydrogen-bond acceptors (Lipinski definition) is 1. The summed E-state index contributed by atoms with van der Waals surface area (Å²) < 4.78 is 4.59. The highest BCUT2D eigenvalue weighted by Crippen LogP contribution is 2.20. The summed E-state index contributed by atoms with van der Waals surface area (Å²) in [6.45, 7) is 0. The second-order valence-corrected chi connectivity index (χ2v) is 2.74. The van der Waals surface area contributed by atoms with Crippen LogP contribution >= 0.6 is 11.9 Å². The normalized spacial score (nSPS) is 10.1. The van der Waals surface area contributed by atoms with Crippen molar-refractivity contribution in [3.05, 3.63) is 42.5 Å². The van der Waals surface area contributed by atoms with E-state index in [-0.39, 0.29) is 0 Å². The Bertz CT molecular complexity index is 398. The van der Waals surface area contributed by atoms with Gasteiger partial charge in [0, 0.05) is 0 Å². The Morgan fingerprint density at radius 1 is 0.917 bits per heavy atom. The van der Waals surface area contributed by atoms with Gasteiger partial charge in [0.2, 0.25) is 0 Å². The molecule has 2 rings (SSSR count). The summed E-state index contributed by atoms with van der Waals surface area (Å²) in [5.74, 6) is 0.676. The number of hydrogen-bond donors (Lipinski definition) is 0. The molecule has 0 spiro atoms. The van der Waals surface area contributed by atoms with Crippen molar-refractivity contribution in [1.29, 1.82) is 0 Å². The predicted octanol–water partition coefficient (Wildman–Crippen LogP) is 3.37. The molecule has 0 heterocycles. The molecule has 0 aromatic heterocycles. The SMILES string of the molecule is ClOc1ccc2ccccc2c1. The minimum Gasteiger partial charge on any atom is -0.386 e. The molecule has 0 aliphatic carbocycles. The molecule has 0 radical (unpaired) electrons. The second-order valence-electron chi connectivity index (χ2n) is 2.59. The molecule has 0 saturated heterocycles. The van der Waals surface area contributed by atoms with Crippen LogP contribution in [0.3, 0.4) is 0 Å². The van der Waals surface area contributed by atoms with E-state index >= 15 is 0 Å². The van der Waals surface area contributed by atoms with Crippen molar-refractivity contribution in [3.63, 3.8) is 0 Å². The van der Waals surface area contributed by atoms with Crippen LogP contribution in [0.2, 0.25) is 0 Å². The van der Waals surface area contributed by atoms with Gasteiger partial charge in [-0.3, -0.25) is 0 Å². The van der Waals surface area contributed by atoms with Gasteiger partial charge in [0.25, 0.3) is 0 Å². The van der Waals surface area contributed by atoms with E-state index in [4.69, 9.17) is 11.9 Å². The van der Waals surface area contributed by atoms with Crippen LogP contribution < -0.4 is 4.29 Å². The van der Waals surface area contributed by atoms with E-state index in [9.17, 15) is 0 Å². The number of rotatable bonds is 1. The van der Waals surface area contributed by atoms with Crippen LogP contribution in [0.1, 0.15) is 0 Å². The zero-order chi connectivity index (χ0) is 8.39. The van der Waals surface area contributed by atoms with E-state index in [2.05, 4.69) is 4.29 Å². The molecule has 0 aliphatic rings. The monoisotopic (exact) mass is 178 g/mol. The summed E-state index contributed by atoms with van der Waals surface area (Å²) in [4.78, 5) is 0. The van der Waals surface area contributed by atoms with Crippen LogP contribution in [-0.4, -0.2) is 0 Å². The fraction of sp³-hybridized carbons (Fsp3) is 0. The first-order chi connectivity index (χ1) is 5.90. The smallest absolute Gasteiger partial charge is 0.146 e. The van der Waals surface area contributed by atoms with Gasteiger partial charge in [-0.05, 0) is 22.9 Å². The summed E-state index contributed by atoms with van der Waals surface area (Å²) in [6.07, 6.45) is 0. The summed E-state index contributed by atoms with van der Waals surface area (Å²) in [5.41, 5.74) is 0. The van der Waals surface area contributed by atoms with E-state index in [0.717, 1.165) is 5.39 Å². The first kappa shape index (κ1) is 7.44. The van der Waals surface area contributed by atoms with Crippen molar-refractivity contribution in [2.24, 2.45) is 0 Å². The molecule has 2 aromatic carbocycles. The van der Waals surface area contributed by atoms with Gasteiger partial charge in [-0.1, -0.05) is 30.3 Å². The van der Waals surface area contributed by atoms with Gasteiger partial charge in [0.15, 0.2) is 0 Å². The van der Waals surface area contributed by atoms with Gasteiger partial charge in [-0.2, -0.15) is 0 Å². The minimum absolute atomic E-state index is 0.676. The van der Waals surface area contributed by atoms with Crippen molar-refractivity contribution < 1.29 is 4.29 Å². The Hall–Kier alpha value is -1.21. The summed E-state index contributed by atoms with van der Waals surface area (Å²) in [7, 11) is 0. The molecule has 60 valence electrons. The van der Waals surface area contributed by atoms with Gasteiger partial charge in [-0.25, -0.2) is 0 Å². The first-order valence-corrected chi connectivity index (χ1v) is 3.98. The van der Waals surface area contributed by atoms with Gasteiger partial charge in [0.05, 0.1) is 0 Å². The fourth-order valence-corrected chi connectivity index (χ4v) is 1.31. The molecule has 12 heavy (non-hydrogen) atoms. The molecule has 2 heteroatoms. The number of halogens is 1. The van der Waals surface area contributed by atoms with Crippen LogP contribution in [0, 0.1) is 0 Å². The number of fused-ring (bicyclic) bond motifs is 1. The predicted molar refractivity (Wildman–Crippen MR) is 50.4 cm³/mol. The van der Waals surface area contributed by atoms with E-state index in [1.165, 1.54) is 5.39 Å². The van der Waals surface area contributed by atoms with Crippen molar-refractivity contribution in [1.82, 2.24) is 0 Å². The summed E-state index contributed by atoms with van der Waals surface area (Å²) in [6, 6.07) is 13.8. The Kier molecular flexibility index (Phi) is 1.88. The topological polar surface area (TPSA) is 9.23 Å². The summed E-state index contributed by atoms with van der Waals surface area (Å²) in [5, 5.41) is 2.32. The first-order valence-electron chi connectivity index (χ1n) is 3.67. The number of benzene rings is 2. The lowest BCUT2D eigenvalue weighted by Crippen LogP contribution is -1.75. The lowest BCUT2D eigenvalue weighted by atomic mass is 10.1. The van der Waals surface area contributed by atoms with Crippen LogP contribution in [-0.2, 0) is 0 Å². The third-order valence-electron chi connectivity index (χ3n) is 1.81. The van der Waals surface area contributed by atoms with Crippen LogP contribution in [0.4, 0.5) is 0 Å². The van der Waals surface area contributed by atoms with Gasteiger partial charge in [-0.15, -0.1) is 0 Å². The lowest BCUT2D eigenvalue weighted by molar-refractivity contribution is 0.620. The molecular formula is C10H7ClO. The third-order valence-corrected chi connectivity index (χ3v) is 1.99. The highest BCUT2D eigenvalue weighted by Gasteiger charge is 1.94. The summed E-state index contributed by atoms with van der Waals surface area (Å²) >= 11 is 5.23. The largest absolute Gasteiger partial charge is 0.386 e. The Labute approximate surface area is 75.7 Å². The van der Waals surface area contributed by atoms with E-state index in [1.54, 1.807) is 0 Å². The van der Waals surface area contributed by atoms with Crippen LogP contribution in [0.5, 0.6) is 5.75 Å². The Morgan fingerprint density at radius 2 is 1.67 bits per heavy atom. The van der Waals surface area contributed by atoms with Gasteiger partial charge < -0.3 is 4.29 Å². The molecule has 2 aromatic rings. The molecule has 0 atom stereocenters.